The Bertz CT molecular complexity index is 1300. The van der Waals surface area contributed by atoms with E-state index < -0.39 is 0 Å². The summed E-state index contributed by atoms with van der Waals surface area (Å²) in [5, 5.41) is 11.8. The van der Waals surface area contributed by atoms with Crippen LogP contribution in [0, 0.1) is 11.7 Å². The molecule has 1 aromatic heterocycles. The minimum absolute atomic E-state index is 0.0463. The lowest BCUT2D eigenvalue weighted by molar-refractivity contribution is -0.125. The van der Waals surface area contributed by atoms with Gasteiger partial charge in [0, 0.05) is 25.2 Å². The first-order chi connectivity index (χ1) is 18.1. The van der Waals surface area contributed by atoms with Gasteiger partial charge in [-0.05, 0) is 72.5 Å². The Hall–Kier alpha value is -4.26. The van der Waals surface area contributed by atoms with E-state index in [9.17, 15) is 9.18 Å². The predicted molar refractivity (Wildman–Crippen MR) is 141 cm³/mol. The van der Waals surface area contributed by atoms with Gasteiger partial charge in [0.2, 0.25) is 5.91 Å². The third-order valence-corrected chi connectivity index (χ3v) is 6.55. The Morgan fingerprint density at radius 1 is 0.919 bits per heavy atom. The lowest BCUT2D eigenvalue weighted by Crippen LogP contribution is -2.43. The van der Waals surface area contributed by atoms with Gasteiger partial charge in [0.25, 0.3) is 0 Å². The zero-order chi connectivity index (χ0) is 25.5. The van der Waals surface area contributed by atoms with E-state index in [4.69, 9.17) is 4.74 Å². The largest absolute Gasteiger partial charge is 0.489 e. The zero-order valence-electron chi connectivity index (χ0n) is 20.5. The average molecular weight is 497 g/mol. The van der Waals surface area contributed by atoms with Crippen molar-refractivity contribution in [1.82, 2.24) is 15.5 Å². The molecule has 6 nitrogen and oxygen atoms in total. The van der Waals surface area contributed by atoms with Crippen LogP contribution in [0.3, 0.4) is 0 Å². The summed E-state index contributed by atoms with van der Waals surface area (Å²) in [6.07, 6.45) is 1.75. The van der Waals surface area contributed by atoms with E-state index in [2.05, 4.69) is 20.4 Å². The number of nitrogens with one attached hydrogen (secondary N) is 1. The highest BCUT2D eigenvalue weighted by atomic mass is 19.1. The van der Waals surface area contributed by atoms with Crippen LogP contribution in [0.25, 0.3) is 11.3 Å². The maximum Gasteiger partial charge on any atom is 0.225 e. The minimum Gasteiger partial charge on any atom is -0.489 e. The van der Waals surface area contributed by atoms with Crippen molar-refractivity contribution in [2.24, 2.45) is 5.92 Å². The first-order valence-corrected chi connectivity index (χ1v) is 12.5. The van der Waals surface area contributed by atoms with Crippen LogP contribution in [-0.4, -0.2) is 29.2 Å². The standard InChI is InChI=1S/C30H29FN4O2/c31-26-12-10-24(11-13-26)28-16-17-29(34-33-28)35-18-4-7-25(20-35)30(36)32-19-22-8-14-27(15-9-22)37-21-23-5-2-1-3-6-23/h1-3,5-6,8-17,25H,4,7,18-21H2,(H,32,36). The molecule has 1 aliphatic rings. The van der Waals surface area contributed by atoms with Crippen molar-refractivity contribution in [3.05, 3.63) is 108 Å². The molecule has 2 heterocycles. The van der Waals surface area contributed by atoms with E-state index in [1.807, 2.05) is 66.7 Å². The molecule has 1 saturated heterocycles. The SMILES string of the molecule is O=C(NCc1ccc(OCc2ccccc2)cc1)C1CCCN(c2ccc(-c3ccc(F)cc3)nn2)C1. The smallest absolute Gasteiger partial charge is 0.225 e. The number of carbonyl (C=O) groups is 1. The van der Waals surface area contributed by atoms with Gasteiger partial charge in [-0.25, -0.2) is 4.39 Å². The molecular formula is C30H29FN4O2. The molecular weight excluding hydrogens is 467 g/mol. The molecule has 1 N–H and O–H groups in total. The van der Waals surface area contributed by atoms with Crippen LogP contribution >= 0.6 is 0 Å². The van der Waals surface area contributed by atoms with Crippen molar-refractivity contribution in [2.45, 2.75) is 26.0 Å². The number of nitrogens with zero attached hydrogens (tertiary/aromatic N) is 3. The Labute approximate surface area is 216 Å². The van der Waals surface area contributed by atoms with Gasteiger partial charge in [-0.2, -0.15) is 0 Å². The van der Waals surface area contributed by atoms with E-state index in [-0.39, 0.29) is 17.6 Å². The van der Waals surface area contributed by atoms with E-state index in [0.717, 1.165) is 47.6 Å². The molecule has 0 radical (unpaired) electrons. The monoisotopic (exact) mass is 496 g/mol. The zero-order valence-corrected chi connectivity index (χ0v) is 20.5. The Balaban J connectivity index is 1.11. The maximum absolute atomic E-state index is 13.2. The third-order valence-electron chi connectivity index (χ3n) is 6.55. The summed E-state index contributed by atoms with van der Waals surface area (Å²) in [4.78, 5) is 15.0. The molecule has 0 bridgehead atoms. The molecule has 7 heteroatoms. The van der Waals surface area contributed by atoms with Gasteiger partial charge >= 0.3 is 0 Å². The molecule has 0 saturated carbocycles. The Morgan fingerprint density at radius 3 is 2.43 bits per heavy atom. The van der Waals surface area contributed by atoms with Crippen molar-refractivity contribution >= 4 is 11.7 Å². The van der Waals surface area contributed by atoms with Gasteiger partial charge < -0.3 is 15.0 Å². The number of hydrogen-bond donors (Lipinski definition) is 1. The minimum atomic E-state index is -0.282. The highest BCUT2D eigenvalue weighted by molar-refractivity contribution is 5.79. The van der Waals surface area contributed by atoms with Gasteiger partial charge in [-0.1, -0.05) is 42.5 Å². The first-order valence-electron chi connectivity index (χ1n) is 12.5. The number of anilines is 1. The molecule has 1 unspecified atom stereocenters. The Morgan fingerprint density at radius 2 is 1.70 bits per heavy atom. The molecule has 0 aliphatic carbocycles. The second kappa shape index (κ2) is 11.6. The fourth-order valence-electron chi connectivity index (χ4n) is 4.45. The number of halogens is 1. The molecule has 4 aromatic rings. The average Bonchev–Trinajstić information content (AvgIpc) is 2.96. The van der Waals surface area contributed by atoms with Crippen LogP contribution in [0.4, 0.5) is 10.2 Å². The van der Waals surface area contributed by atoms with E-state index in [1.165, 1.54) is 12.1 Å². The van der Waals surface area contributed by atoms with Crippen LogP contribution in [0.1, 0.15) is 24.0 Å². The summed E-state index contributed by atoms with van der Waals surface area (Å²) in [7, 11) is 0. The number of aromatic nitrogens is 2. The number of rotatable bonds is 8. The van der Waals surface area contributed by atoms with E-state index >= 15 is 0 Å². The number of piperidine rings is 1. The fraction of sp³-hybridized carbons (Fsp3) is 0.233. The summed E-state index contributed by atoms with van der Waals surface area (Å²) in [6, 6.07) is 27.8. The summed E-state index contributed by atoms with van der Waals surface area (Å²) >= 11 is 0. The van der Waals surface area contributed by atoms with E-state index in [0.29, 0.717) is 25.4 Å². The van der Waals surface area contributed by atoms with Crippen molar-refractivity contribution in [3.8, 4) is 17.0 Å². The maximum atomic E-state index is 13.2. The van der Waals surface area contributed by atoms with Crippen molar-refractivity contribution < 1.29 is 13.9 Å². The first kappa shape index (κ1) is 24.4. The molecule has 1 fully saturated rings. The highest BCUT2D eigenvalue weighted by Crippen LogP contribution is 2.24. The third kappa shape index (κ3) is 6.50. The molecule has 0 spiro atoms. The van der Waals surface area contributed by atoms with Crippen LogP contribution in [0.2, 0.25) is 0 Å². The highest BCUT2D eigenvalue weighted by Gasteiger charge is 2.26. The fourth-order valence-corrected chi connectivity index (χ4v) is 4.45. The molecule has 1 atom stereocenters. The molecule has 1 amide bonds. The number of benzene rings is 3. The predicted octanol–water partition coefficient (Wildman–Crippen LogP) is 5.39. The van der Waals surface area contributed by atoms with Gasteiger partial charge in [-0.3, -0.25) is 4.79 Å². The topological polar surface area (TPSA) is 67.3 Å². The molecule has 3 aromatic carbocycles. The van der Waals surface area contributed by atoms with Crippen LogP contribution in [0.5, 0.6) is 5.75 Å². The second-order valence-electron chi connectivity index (χ2n) is 9.20. The summed E-state index contributed by atoms with van der Waals surface area (Å²) in [5.74, 6) is 1.20. The van der Waals surface area contributed by atoms with Gasteiger partial charge in [-0.15, -0.1) is 10.2 Å². The molecule has 1 aliphatic heterocycles. The van der Waals surface area contributed by atoms with Gasteiger partial charge in [0.15, 0.2) is 5.82 Å². The number of hydrogen-bond acceptors (Lipinski definition) is 5. The summed E-state index contributed by atoms with van der Waals surface area (Å²) in [6.45, 7) is 2.43. The van der Waals surface area contributed by atoms with Crippen LogP contribution in [0.15, 0.2) is 91.0 Å². The van der Waals surface area contributed by atoms with Gasteiger partial charge in [0.1, 0.15) is 18.2 Å². The molecule has 188 valence electrons. The van der Waals surface area contributed by atoms with Crippen molar-refractivity contribution in [2.75, 3.05) is 18.0 Å². The van der Waals surface area contributed by atoms with Crippen LogP contribution < -0.4 is 15.0 Å². The van der Waals surface area contributed by atoms with Gasteiger partial charge in [0.05, 0.1) is 11.6 Å². The molecule has 5 rings (SSSR count). The second-order valence-corrected chi connectivity index (χ2v) is 9.20. The normalized spacial score (nSPS) is 15.3. The quantitative estimate of drug-likeness (QED) is 0.354. The summed E-state index contributed by atoms with van der Waals surface area (Å²) < 4.78 is 19.0. The lowest BCUT2D eigenvalue weighted by Gasteiger charge is -2.32. The number of carbonyl (C=O) groups excluding carboxylic acids is 1. The van der Waals surface area contributed by atoms with Crippen molar-refractivity contribution in [1.29, 1.82) is 0 Å². The van der Waals surface area contributed by atoms with Crippen molar-refractivity contribution in [3.63, 3.8) is 0 Å². The van der Waals surface area contributed by atoms with E-state index in [1.54, 1.807) is 12.1 Å². The lowest BCUT2D eigenvalue weighted by atomic mass is 9.97. The van der Waals surface area contributed by atoms with Crippen LogP contribution in [-0.2, 0) is 17.9 Å². The number of amides is 1. The Kier molecular flexibility index (Phi) is 7.69. The summed E-state index contributed by atoms with van der Waals surface area (Å²) in [5.41, 5.74) is 3.64. The number of ether oxygens (including phenoxy) is 1. The molecule has 37 heavy (non-hydrogen) atoms.